The number of allylic oxidation sites excluding steroid dienone is 2. The SMILES string of the molecule is CCCCCCCC(=O)CC[C@@H]1[C@@H](CC=CCCCC(=O)OCC(CO[N+](=O)[O-])CC(=O)CO[N+](=O)[O-])[C@@H](O)C[C@H]1O. The molecule has 0 spiro atoms. The quantitative estimate of drug-likeness (QED) is 0.0504. The maximum Gasteiger partial charge on any atom is 0.305 e. The van der Waals surface area contributed by atoms with Gasteiger partial charge in [0, 0.05) is 31.6 Å². The Morgan fingerprint density at radius 1 is 0.857 bits per heavy atom. The lowest BCUT2D eigenvalue weighted by molar-refractivity contribution is -0.759. The van der Waals surface area contributed by atoms with Crippen molar-refractivity contribution in [3.8, 4) is 0 Å². The second-order valence-corrected chi connectivity index (χ2v) is 10.8. The molecule has 1 aliphatic rings. The standard InChI is InChI=1S/C28H46N2O12/c1-2-3-4-5-8-11-22(31)14-15-25-24(26(33)17-27(25)34)12-9-6-7-10-13-28(35)40-18-21(19-41-29(36)37)16-23(32)20-42-30(38)39/h6,9,21,24-27,33-34H,2-5,7-8,10-20H2,1H3/t21?,24-,25-,26+,27-/m1/s1. The number of esters is 1. The highest BCUT2D eigenvalue weighted by Crippen LogP contribution is 2.38. The fourth-order valence-corrected chi connectivity index (χ4v) is 5.14. The van der Waals surface area contributed by atoms with Crippen LogP contribution >= 0.6 is 0 Å². The molecule has 14 heteroatoms. The molecule has 1 unspecified atom stereocenters. The molecule has 1 fully saturated rings. The van der Waals surface area contributed by atoms with E-state index in [1.165, 1.54) is 6.42 Å². The number of aliphatic hydroxyl groups excluding tert-OH is 2. The summed E-state index contributed by atoms with van der Waals surface area (Å²) in [7, 11) is 0. The number of nitrogens with zero attached hydrogens (tertiary/aromatic N) is 2. The Morgan fingerprint density at radius 3 is 2.24 bits per heavy atom. The van der Waals surface area contributed by atoms with Gasteiger partial charge in [0.25, 0.3) is 10.2 Å². The first-order chi connectivity index (χ1) is 20.0. The first kappa shape index (κ1) is 36.9. The van der Waals surface area contributed by atoms with E-state index in [1.807, 2.05) is 12.2 Å². The third kappa shape index (κ3) is 17.0. The van der Waals surface area contributed by atoms with Gasteiger partial charge >= 0.3 is 5.97 Å². The van der Waals surface area contributed by atoms with Gasteiger partial charge in [-0.1, -0.05) is 44.8 Å². The van der Waals surface area contributed by atoms with E-state index in [-0.39, 0.29) is 37.1 Å². The van der Waals surface area contributed by atoms with Crippen LogP contribution in [0.3, 0.4) is 0 Å². The largest absolute Gasteiger partial charge is 0.465 e. The first-order valence-corrected chi connectivity index (χ1v) is 14.8. The molecular formula is C28H46N2O12. The molecule has 14 nitrogen and oxygen atoms in total. The van der Waals surface area contributed by atoms with Crippen molar-refractivity contribution in [1.29, 1.82) is 0 Å². The Morgan fingerprint density at radius 2 is 1.55 bits per heavy atom. The second-order valence-electron chi connectivity index (χ2n) is 10.8. The summed E-state index contributed by atoms with van der Waals surface area (Å²) in [4.78, 5) is 65.0. The third-order valence-corrected chi connectivity index (χ3v) is 7.41. The fraction of sp³-hybridized carbons (Fsp3) is 0.821. The average Bonchev–Trinajstić information content (AvgIpc) is 3.20. The number of unbranched alkanes of at least 4 members (excludes halogenated alkanes) is 5. The van der Waals surface area contributed by atoms with Gasteiger partial charge in [0.15, 0.2) is 12.4 Å². The summed E-state index contributed by atoms with van der Waals surface area (Å²) in [5.74, 6) is -2.23. The molecule has 240 valence electrons. The monoisotopic (exact) mass is 602 g/mol. The van der Waals surface area contributed by atoms with Gasteiger partial charge in [-0.3, -0.25) is 14.4 Å². The number of aliphatic hydroxyl groups is 2. The summed E-state index contributed by atoms with van der Waals surface area (Å²) in [6.07, 6.45) is 11.0. The third-order valence-electron chi connectivity index (χ3n) is 7.41. The molecule has 1 saturated carbocycles. The molecule has 0 aromatic carbocycles. The normalized spacial score (nSPS) is 20.7. The number of hydrogen-bond donors (Lipinski definition) is 2. The summed E-state index contributed by atoms with van der Waals surface area (Å²) in [6, 6.07) is 0. The zero-order valence-corrected chi connectivity index (χ0v) is 24.4. The molecule has 0 aromatic heterocycles. The second kappa shape index (κ2) is 21.6. The summed E-state index contributed by atoms with van der Waals surface area (Å²) >= 11 is 0. The van der Waals surface area contributed by atoms with E-state index >= 15 is 0 Å². The highest BCUT2D eigenvalue weighted by molar-refractivity contribution is 5.80. The fourth-order valence-electron chi connectivity index (χ4n) is 5.14. The van der Waals surface area contributed by atoms with Gasteiger partial charge in [0.1, 0.15) is 12.4 Å². The van der Waals surface area contributed by atoms with Crippen LogP contribution in [0.1, 0.15) is 96.8 Å². The van der Waals surface area contributed by atoms with Gasteiger partial charge in [-0.25, -0.2) is 0 Å². The molecule has 0 aromatic rings. The summed E-state index contributed by atoms with van der Waals surface area (Å²) in [5.41, 5.74) is 0. The Balaban J connectivity index is 2.37. The van der Waals surface area contributed by atoms with Gasteiger partial charge in [-0.2, -0.15) is 0 Å². The van der Waals surface area contributed by atoms with Crippen LogP contribution in [0.15, 0.2) is 12.2 Å². The minimum absolute atomic E-state index is 0.0550. The lowest BCUT2D eigenvalue weighted by Gasteiger charge is -2.22. The summed E-state index contributed by atoms with van der Waals surface area (Å²) in [6.45, 7) is 0.464. The van der Waals surface area contributed by atoms with Crippen molar-refractivity contribution < 1.29 is 49.2 Å². The maximum atomic E-state index is 12.3. The van der Waals surface area contributed by atoms with Crippen molar-refractivity contribution >= 4 is 17.5 Å². The highest BCUT2D eigenvalue weighted by atomic mass is 17.0. The van der Waals surface area contributed by atoms with Gasteiger partial charge in [-0.05, 0) is 50.4 Å². The van der Waals surface area contributed by atoms with Crippen LogP contribution in [-0.4, -0.2) is 70.0 Å². The van der Waals surface area contributed by atoms with Crippen LogP contribution in [0.2, 0.25) is 0 Å². The van der Waals surface area contributed by atoms with Crippen LogP contribution in [0.4, 0.5) is 0 Å². The van der Waals surface area contributed by atoms with Crippen molar-refractivity contribution in [3.63, 3.8) is 0 Å². The van der Waals surface area contributed by atoms with E-state index in [0.717, 1.165) is 25.7 Å². The Hall–Kier alpha value is -3.13. The van der Waals surface area contributed by atoms with Crippen molar-refractivity contribution in [3.05, 3.63) is 32.4 Å². The van der Waals surface area contributed by atoms with Gasteiger partial charge in [-0.15, -0.1) is 20.2 Å². The number of ketones is 2. The van der Waals surface area contributed by atoms with Crippen LogP contribution in [-0.2, 0) is 28.8 Å². The van der Waals surface area contributed by atoms with E-state index in [2.05, 4.69) is 16.6 Å². The Labute approximate surface area is 246 Å². The van der Waals surface area contributed by atoms with Crippen molar-refractivity contribution in [2.75, 3.05) is 19.8 Å². The topological polar surface area (TPSA) is 206 Å². The molecule has 0 aliphatic heterocycles. The number of Topliss-reactive ketones (excluding diaryl/α,β-unsaturated/α-hetero) is 2. The maximum absolute atomic E-state index is 12.3. The lowest BCUT2D eigenvalue weighted by Crippen LogP contribution is -2.25. The molecule has 1 rings (SSSR count). The molecule has 42 heavy (non-hydrogen) atoms. The number of ether oxygens (including phenoxy) is 1. The zero-order chi connectivity index (χ0) is 31.3. The molecule has 0 radical (unpaired) electrons. The van der Waals surface area contributed by atoms with Crippen molar-refractivity contribution in [2.24, 2.45) is 17.8 Å². The molecule has 2 N–H and O–H groups in total. The highest BCUT2D eigenvalue weighted by Gasteiger charge is 2.40. The molecule has 0 bridgehead atoms. The van der Waals surface area contributed by atoms with Gasteiger partial charge in [0.2, 0.25) is 0 Å². The molecule has 1 aliphatic carbocycles. The number of carbonyl (C=O) groups excluding carboxylic acids is 3. The first-order valence-electron chi connectivity index (χ1n) is 14.8. The predicted octanol–water partition coefficient (Wildman–Crippen LogP) is 3.71. The molecular weight excluding hydrogens is 556 g/mol. The molecule has 0 amide bonds. The minimum Gasteiger partial charge on any atom is -0.465 e. The molecule has 0 saturated heterocycles. The van der Waals surface area contributed by atoms with E-state index in [9.17, 15) is 44.8 Å². The van der Waals surface area contributed by atoms with E-state index in [4.69, 9.17) is 4.74 Å². The summed E-state index contributed by atoms with van der Waals surface area (Å²) in [5, 5.41) is 39.3. The minimum atomic E-state index is -1.13. The average molecular weight is 603 g/mol. The predicted molar refractivity (Wildman–Crippen MR) is 149 cm³/mol. The number of carbonyl (C=O) groups is 3. The van der Waals surface area contributed by atoms with E-state index in [1.54, 1.807) is 0 Å². The smallest absolute Gasteiger partial charge is 0.305 e. The van der Waals surface area contributed by atoms with Crippen molar-refractivity contribution in [1.82, 2.24) is 0 Å². The van der Waals surface area contributed by atoms with Crippen LogP contribution in [0.25, 0.3) is 0 Å². The van der Waals surface area contributed by atoms with Crippen LogP contribution in [0.5, 0.6) is 0 Å². The molecule has 5 atom stereocenters. The van der Waals surface area contributed by atoms with E-state index in [0.29, 0.717) is 44.9 Å². The number of hydrogen-bond acceptors (Lipinski definition) is 12. The van der Waals surface area contributed by atoms with Gasteiger partial charge in [0.05, 0.1) is 18.8 Å². The zero-order valence-electron chi connectivity index (χ0n) is 24.4. The lowest BCUT2D eigenvalue weighted by atomic mass is 9.86. The summed E-state index contributed by atoms with van der Waals surface area (Å²) < 4.78 is 5.10. The van der Waals surface area contributed by atoms with Crippen LogP contribution < -0.4 is 0 Å². The molecule has 0 heterocycles. The van der Waals surface area contributed by atoms with Crippen molar-refractivity contribution in [2.45, 2.75) is 109 Å². The van der Waals surface area contributed by atoms with E-state index < -0.39 is 53.3 Å². The van der Waals surface area contributed by atoms with Crippen LogP contribution in [0, 0.1) is 38.0 Å². The van der Waals surface area contributed by atoms with Gasteiger partial charge < -0.3 is 24.6 Å². The Kier molecular flexibility index (Phi) is 18.9. The Bertz CT molecular complexity index is 881. The number of rotatable bonds is 25.